The first-order valence-corrected chi connectivity index (χ1v) is 24.2. The Morgan fingerprint density at radius 1 is 0.800 bits per heavy atom. The van der Waals surface area contributed by atoms with Gasteiger partial charge < -0.3 is 39.9 Å². The van der Waals surface area contributed by atoms with Crippen LogP contribution in [0.5, 0.6) is 0 Å². The quantitative estimate of drug-likeness (QED) is 0.0504. The van der Waals surface area contributed by atoms with Crippen LogP contribution in [0.15, 0.2) is 66.7 Å². The van der Waals surface area contributed by atoms with Crippen molar-refractivity contribution in [2.24, 2.45) is 0 Å². The monoisotopic (exact) mass is 893 g/mol. The molecule has 2 aromatic heterocycles. The average molecular weight is 893 g/mol. The van der Waals surface area contributed by atoms with E-state index < -0.39 is 5.41 Å². The summed E-state index contributed by atoms with van der Waals surface area (Å²) in [5, 5.41) is 7.84. The molecule has 0 radical (unpaired) electrons. The number of H-pyrrole nitrogens is 1. The first-order chi connectivity index (χ1) is 31.8. The lowest BCUT2D eigenvalue weighted by Gasteiger charge is -2.54. The summed E-state index contributed by atoms with van der Waals surface area (Å²) in [5.41, 5.74) is 11.6. The molecule has 5 N–H and O–H groups in total. The molecule has 7 rings (SSSR count). The SMILES string of the molecule is CCCCc1nc2c([nH]1)c(N)nc1ccc(N3CCN(CCOCCOCCOCCOCCC(=O)NCCCCC4NC5(CC)c6ccccccccc6C5(CC)C4=O)CC3)cc12. The van der Waals surface area contributed by atoms with Crippen molar-refractivity contribution in [3.8, 4) is 0 Å². The smallest absolute Gasteiger partial charge is 0.222 e. The molecule has 0 bridgehead atoms. The Hall–Kier alpha value is -4.70. The minimum Gasteiger partial charge on any atom is -0.382 e. The largest absolute Gasteiger partial charge is 0.382 e. The summed E-state index contributed by atoms with van der Waals surface area (Å²) in [5.74, 6) is 1.75. The molecule has 3 aliphatic rings. The van der Waals surface area contributed by atoms with Gasteiger partial charge in [-0.15, -0.1) is 0 Å². The molecule has 4 heterocycles. The number of ether oxygens (including phenoxy) is 4. The molecule has 2 aliphatic heterocycles. The molecular weight excluding hydrogens is 821 g/mol. The van der Waals surface area contributed by atoms with Gasteiger partial charge in [0.15, 0.2) is 5.78 Å². The molecule has 3 atom stereocenters. The van der Waals surface area contributed by atoms with Gasteiger partial charge in [-0.1, -0.05) is 75.7 Å². The van der Waals surface area contributed by atoms with Crippen LogP contribution in [0.2, 0.25) is 0 Å². The van der Waals surface area contributed by atoms with Crippen molar-refractivity contribution in [2.45, 2.75) is 95.6 Å². The zero-order valence-electron chi connectivity index (χ0n) is 39.0. The number of nitrogens with zero attached hydrogens (tertiary/aromatic N) is 4. The molecule has 2 fully saturated rings. The molecular formula is C51H72N8O6. The van der Waals surface area contributed by atoms with Gasteiger partial charge in [-0.3, -0.25) is 19.8 Å². The number of benzene rings is 1. The van der Waals surface area contributed by atoms with Gasteiger partial charge in [0, 0.05) is 63.2 Å². The number of unbranched alkanes of at least 4 members (excludes halogenated alkanes) is 2. The van der Waals surface area contributed by atoms with Crippen LogP contribution in [-0.4, -0.2) is 130 Å². The molecule has 65 heavy (non-hydrogen) atoms. The molecule has 14 nitrogen and oxygen atoms in total. The highest BCUT2D eigenvalue weighted by Gasteiger charge is 2.70. The molecule has 2 saturated heterocycles. The van der Waals surface area contributed by atoms with Gasteiger partial charge in [0.05, 0.1) is 75.4 Å². The van der Waals surface area contributed by atoms with Gasteiger partial charge in [0.2, 0.25) is 5.91 Å². The number of aromatic amines is 1. The van der Waals surface area contributed by atoms with Gasteiger partial charge in [-0.05, 0) is 67.9 Å². The van der Waals surface area contributed by atoms with E-state index in [1.165, 1.54) is 11.3 Å². The van der Waals surface area contributed by atoms with E-state index >= 15 is 0 Å². The van der Waals surface area contributed by atoms with Crippen molar-refractivity contribution >= 4 is 45.1 Å². The van der Waals surface area contributed by atoms with Crippen LogP contribution in [0.25, 0.3) is 21.9 Å². The second kappa shape index (κ2) is 23.7. The fraction of sp³-hybridized carbons (Fsp3) is 0.569. The predicted molar refractivity (Wildman–Crippen MR) is 258 cm³/mol. The lowest BCUT2D eigenvalue weighted by molar-refractivity contribution is -0.126. The van der Waals surface area contributed by atoms with Crippen LogP contribution in [0, 0.1) is 0 Å². The van der Waals surface area contributed by atoms with Crippen molar-refractivity contribution in [3.63, 3.8) is 0 Å². The third-order valence-electron chi connectivity index (χ3n) is 13.6. The lowest BCUT2D eigenvalue weighted by Crippen LogP contribution is -2.61. The maximum Gasteiger partial charge on any atom is 0.222 e. The number of anilines is 2. The van der Waals surface area contributed by atoms with E-state index in [2.05, 4.69) is 87.6 Å². The van der Waals surface area contributed by atoms with Gasteiger partial charge in [0.25, 0.3) is 0 Å². The predicted octanol–water partition coefficient (Wildman–Crippen LogP) is 6.53. The number of ketones is 1. The number of fused-ring (bicyclic) bond motifs is 7. The van der Waals surface area contributed by atoms with Gasteiger partial charge >= 0.3 is 0 Å². The number of nitrogens with one attached hydrogen (secondary N) is 3. The van der Waals surface area contributed by atoms with E-state index in [4.69, 9.17) is 29.7 Å². The number of aryl methyl sites for hydroxylation is 1. The minimum atomic E-state index is -0.493. The summed E-state index contributed by atoms with van der Waals surface area (Å²) in [4.78, 5) is 44.2. The fourth-order valence-corrected chi connectivity index (χ4v) is 10.1. The van der Waals surface area contributed by atoms with Crippen LogP contribution in [0.1, 0.15) is 89.1 Å². The van der Waals surface area contributed by atoms with Gasteiger partial charge in [-0.25, -0.2) is 9.97 Å². The number of Topliss-reactive ketones (excluding diaryl/α,β-unsaturated/α-hetero) is 1. The topological polar surface area (TPSA) is 169 Å². The van der Waals surface area contributed by atoms with E-state index in [9.17, 15) is 9.59 Å². The number of carbonyl (C=O) groups is 2. The minimum absolute atomic E-state index is 0.0285. The second-order valence-corrected chi connectivity index (χ2v) is 17.5. The number of nitrogens with two attached hydrogens (primary N) is 1. The Bertz CT molecular complexity index is 2240. The Morgan fingerprint density at radius 3 is 2.17 bits per heavy atom. The summed E-state index contributed by atoms with van der Waals surface area (Å²) < 4.78 is 22.8. The molecule has 2 aromatic carbocycles. The van der Waals surface area contributed by atoms with Crippen molar-refractivity contribution in [1.82, 2.24) is 30.5 Å². The third kappa shape index (κ3) is 11.1. The molecule has 14 heteroatoms. The zero-order chi connectivity index (χ0) is 45.5. The normalized spacial score (nSPS) is 20.4. The number of piperazine rings is 1. The molecule has 0 saturated carbocycles. The summed E-state index contributed by atoms with van der Waals surface area (Å²) in [6, 6.07) is 22.7. The van der Waals surface area contributed by atoms with Crippen molar-refractivity contribution in [2.75, 3.05) is 103 Å². The first kappa shape index (κ1) is 48.2. The lowest BCUT2D eigenvalue weighted by atomic mass is 9.49. The van der Waals surface area contributed by atoms with Crippen molar-refractivity contribution in [1.29, 1.82) is 0 Å². The van der Waals surface area contributed by atoms with Crippen LogP contribution in [0.4, 0.5) is 11.5 Å². The van der Waals surface area contributed by atoms with Crippen LogP contribution >= 0.6 is 0 Å². The van der Waals surface area contributed by atoms with E-state index in [0.29, 0.717) is 77.4 Å². The molecule has 1 aliphatic carbocycles. The van der Waals surface area contributed by atoms with Gasteiger partial charge in [0.1, 0.15) is 22.7 Å². The Balaban J connectivity index is 0.668. The maximum absolute atomic E-state index is 14.0. The highest BCUT2D eigenvalue weighted by Crippen LogP contribution is 2.62. The highest BCUT2D eigenvalue weighted by molar-refractivity contribution is 6.07. The maximum atomic E-state index is 14.0. The number of pyridine rings is 1. The number of hydrogen-bond acceptors (Lipinski definition) is 12. The molecule has 1 amide bonds. The number of hydrogen-bond donors (Lipinski definition) is 4. The zero-order valence-corrected chi connectivity index (χ0v) is 39.0. The number of imidazole rings is 1. The van der Waals surface area contributed by atoms with Crippen LogP contribution in [-0.2, 0) is 45.9 Å². The summed E-state index contributed by atoms with van der Waals surface area (Å²) in [7, 11) is 0. The summed E-state index contributed by atoms with van der Waals surface area (Å²) in [6.07, 6.45) is 7.48. The van der Waals surface area contributed by atoms with Crippen LogP contribution in [0.3, 0.4) is 0 Å². The Labute approximate surface area is 385 Å². The fourth-order valence-electron chi connectivity index (χ4n) is 10.1. The first-order valence-electron chi connectivity index (χ1n) is 24.2. The van der Waals surface area contributed by atoms with E-state index in [1.54, 1.807) is 0 Å². The van der Waals surface area contributed by atoms with E-state index in [-0.39, 0.29) is 17.5 Å². The Kier molecular flexibility index (Phi) is 17.6. The number of carbonyl (C=O) groups excluding carboxylic acids is 2. The number of amides is 1. The third-order valence-corrected chi connectivity index (χ3v) is 13.6. The highest BCUT2D eigenvalue weighted by atomic mass is 16.6. The average Bonchev–Trinajstić information content (AvgIpc) is 3.85. The second-order valence-electron chi connectivity index (χ2n) is 17.5. The van der Waals surface area contributed by atoms with Gasteiger partial charge in [-0.2, -0.15) is 0 Å². The van der Waals surface area contributed by atoms with Crippen molar-refractivity contribution in [3.05, 3.63) is 83.7 Å². The number of nitrogen functional groups attached to an aromatic ring is 1. The Morgan fingerprint density at radius 2 is 1.48 bits per heavy atom. The van der Waals surface area contributed by atoms with E-state index in [0.717, 1.165) is 117 Å². The standard InChI is InChI=1S/C51H72N8O6/c1-4-7-19-44-55-46-39-37-38(20-21-42(39)54-49(52)47(46)56-44)59-26-24-58(25-27-59)28-30-63-32-34-65-36-35-64-33-31-62-29-22-45(60)53-23-15-14-18-43-48(61)50(5-2)40-16-12-10-8-9-11-13-17-41(40)51(50,6-3)57-43/h8-13,16-17,20-21,37,43,57H,4-7,14-15,18-19,22-36H2,1-3H3,(H2,52,54)(H,53,60)(H,55,56). The molecule has 0 spiro atoms. The summed E-state index contributed by atoms with van der Waals surface area (Å²) >= 11 is 0. The summed E-state index contributed by atoms with van der Waals surface area (Å²) in [6.45, 7) is 15.7. The molecule has 352 valence electrons. The molecule has 4 aromatic rings. The number of rotatable bonds is 26. The molecule has 3 unspecified atom stereocenters. The van der Waals surface area contributed by atoms with Crippen LogP contribution < -0.4 is 21.3 Å². The van der Waals surface area contributed by atoms with Crippen molar-refractivity contribution < 1.29 is 28.5 Å². The number of aromatic nitrogens is 3. The van der Waals surface area contributed by atoms with E-state index in [1.807, 2.05) is 30.3 Å².